The molecule has 10 heteroatoms. The molecule has 0 saturated carbocycles. The number of hydrogen-bond donors (Lipinski definition) is 1. The fraction of sp³-hybridized carbons (Fsp3) is 0.222. The fourth-order valence-corrected chi connectivity index (χ4v) is 5.10. The molecule has 0 amide bonds. The van der Waals surface area contributed by atoms with Crippen LogP contribution in [0.25, 0.3) is 22.3 Å². The normalized spacial score (nSPS) is 10.4. The molecule has 8 nitrogen and oxygen atoms in total. The first kappa shape index (κ1) is 37.8. The second-order valence-corrected chi connectivity index (χ2v) is 11.3. The lowest BCUT2D eigenvalue weighted by atomic mass is 9.88. The molecule has 0 bridgehead atoms. The van der Waals surface area contributed by atoms with Gasteiger partial charge >= 0.3 is 0 Å². The maximum Gasteiger partial charge on any atom is 0.294 e. The predicted octanol–water partition coefficient (Wildman–Crippen LogP) is 8.08. The Kier molecular flexibility index (Phi) is 15.3. The maximum absolute atomic E-state index is 10.5. The average molecular weight is 667 g/mol. The highest BCUT2D eigenvalue weighted by Gasteiger charge is 2.17. The van der Waals surface area contributed by atoms with Gasteiger partial charge in [0.15, 0.2) is 0 Å². The molecule has 0 unspecified atom stereocenters. The number of rotatable bonds is 14. The minimum atomic E-state index is -4.02. The summed E-state index contributed by atoms with van der Waals surface area (Å²) in [4.78, 5) is -0.0666. The standard InChI is InChI=1S/C29H32O5.C7H8O3S.H2S/c1-6-31-16-18-33-25-12-8-23(9-13-25)27-20-21(3)29(30-5)22(4)28(27)24-10-14-26(15-11-24)34-19-17-32-7-2;1-6-2-4-7(5-3-6)11(8,9)10;/h6-15,20H,1-2,16-19H2,3-5H3;2-5H,1H3,(H,8,9,10);1H2. The zero-order valence-corrected chi connectivity index (χ0v) is 28.4. The average Bonchev–Trinajstić information content (AvgIpc) is 3.02. The molecule has 4 rings (SSSR count). The van der Waals surface area contributed by atoms with Crippen molar-refractivity contribution in [3.63, 3.8) is 0 Å². The maximum atomic E-state index is 10.5. The molecule has 0 radical (unpaired) electrons. The topological polar surface area (TPSA) is 101 Å². The third-order valence-corrected chi connectivity index (χ3v) is 7.58. The Bertz CT molecular complexity index is 1650. The van der Waals surface area contributed by atoms with Gasteiger partial charge in [-0.1, -0.05) is 55.1 Å². The predicted molar refractivity (Wildman–Crippen MR) is 188 cm³/mol. The van der Waals surface area contributed by atoms with E-state index in [1.54, 1.807) is 19.2 Å². The van der Waals surface area contributed by atoms with E-state index in [4.69, 9.17) is 28.2 Å². The van der Waals surface area contributed by atoms with Crippen LogP contribution in [0.5, 0.6) is 17.2 Å². The third-order valence-electron chi connectivity index (χ3n) is 6.71. The van der Waals surface area contributed by atoms with E-state index in [-0.39, 0.29) is 18.4 Å². The van der Waals surface area contributed by atoms with E-state index in [9.17, 15) is 8.42 Å². The first-order valence-electron chi connectivity index (χ1n) is 14.2. The summed E-state index contributed by atoms with van der Waals surface area (Å²) in [5.41, 5.74) is 7.57. The molecule has 1 N–H and O–H groups in total. The fourth-order valence-electron chi connectivity index (χ4n) is 4.62. The summed E-state index contributed by atoms with van der Waals surface area (Å²) in [6.45, 7) is 14.9. The largest absolute Gasteiger partial charge is 0.498 e. The Morgan fingerprint density at radius 2 is 1.20 bits per heavy atom. The molecule has 0 atom stereocenters. The minimum absolute atomic E-state index is 0. The van der Waals surface area contributed by atoms with Crippen molar-refractivity contribution in [1.29, 1.82) is 0 Å². The van der Waals surface area contributed by atoms with E-state index < -0.39 is 10.1 Å². The van der Waals surface area contributed by atoms with Gasteiger partial charge in [0.2, 0.25) is 0 Å². The van der Waals surface area contributed by atoms with Crippen LogP contribution in [0.15, 0.2) is 109 Å². The highest BCUT2D eigenvalue weighted by atomic mass is 32.2. The van der Waals surface area contributed by atoms with Crippen LogP contribution in [-0.2, 0) is 19.6 Å². The zero-order valence-electron chi connectivity index (χ0n) is 26.6. The van der Waals surface area contributed by atoms with Gasteiger partial charge in [-0.05, 0) is 96.6 Å². The molecular weight excluding hydrogens is 625 g/mol. The summed E-state index contributed by atoms with van der Waals surface area (Å²) >= 11 is 0. The van der Waals surface area contributed by atoms with Crippen LogP contribution in [-0.4, -0.2) is 46.5 Å². The van der Waals surface area contributed by atoms with Gasteiger partial charge in [-0.25, -0.2) is 0 Å². The number of hydrogen-bond acceptors (Lipinski definition) is 7. The zero-order chi connectivity index (χ0) is 32.8. The summed E-state index contributed by atoms with van der Waals surface area (Å²) < 4.78 is 57.0. The first-order chi connectivity index (χ1) is 21.6. The molecule has 0 heterocycles. The molecule has 0 aliphatic carbocycles. The molecule has 46 heavy (non-hydrogen) atoms. The SMILES string of the molecule is C=COCCOc1ccc(-c2cc(C)c(OC)c(C)c2-c2ccc(OCCOC=C)cc2)cc1.Cc1ccc(S(=O)(=O)O)cc1.S. The van der Waals surface area contributed by atoms with E-state index in [1.165, 1.54) is 24.7 Å². The number of benzene rings is 4. The smallest absolute Gasteiger partial charge is 0.294 e. The molecule has 0 fully saturated rings. The Labute approximate surface area is 279 Å². The van der Waals surface area contributed by atoms with Crippen LogP contribution in [0.1, 0.15) is 16.7 Å². The van der Waals surface area contributed by atoms with Crippen molar-refractivity contribution in [3.8, 4) is 39.5 Å². The Balaban J connectivity index is 0.000000519. The van der Waals surface area contributed by atoms with Crippen molar-refractivity contribution in [3.05, 3.63) is 121 Å². The molecule has 0 spiro atoms. The van der Waals surface area contributed by atoms with Gasteiger partial charge in [-0.2, -0.15) is 21.9 Å². The van der Waals surface area contributed by atoms with Crippen molar-refractivity contribution in [2.75, 3.05) is 33.5 Å². The van der Waals surface area contributed by atoms with Gasteiger partial charge in [0.1, 0.15) is 43.7 Å². The van der Waals surface area contributed by atoms with E-state index in [2.05, 4.69) is 57.3 Å². The lowest BCUT2D eigenvalue weighted by molar-refractivity contribution is 0.179. The third kappa shape index (κ3) is 10.9. The summed E-state index contributed by atoms with van der Waals surface area (Å²) in [7, 11) is -2.31. The number of methoxy groups -OCH3 is 1. The number of aryl methyl sites for hydroxylation is 2. The summed E-state index contributed by atoms with van der Waals surface area (Å²) in [6.07, 6.45) is 2.83. The Morgan fingerprint density at radius 3 is 1.63 bits per heavy atom. The Morgan fingerprint density at radius 1 is 0.717 bits per heavy atom. The molecule has 0 aromatic heterocycles. The van der Waals surface area contributed by atoms with Crippen molar-refractivity contribution in [2.45, 2.75) is 25.7 Å². The van der Waals surface area contributed by atoms with Gasteiger partial charge in [-0.15, -0.1) is 0 Å². The van der Waals surface area contributed by atoms with Crippen LogP contribution in [0, 0.1) is 20.8 Å². The number of ether oxygens (including phenoxy) is 5. The Hall–Kier alpha value is -4.38. The summed E-state index contributed by atoms with van der Waals surface area (Å²) in [5, 5.41) is 0. The van der Waals surface area contributed by atoms with Gasteiger partial charge in [0.25, 0.3) is 10.1 Å². The molecule has 4 aromatic carbocycles. The van der Waals surface area contributed by atoms with Crippen LogP contribution < -0.4 is 14.2 Å². The van der Waals surface area contributed by atoms with E-state index in [0.717, 1.165) is 56.2 Å². The van der Waals surface area contributed by atoms with E-state index >= 15 is 0 Å². The molecule has 0 saturated heterocycles. The van der Waals surface area contributed by atoms with Crippen LogP contribution >= 0.6 is 13.5 Å². The van der Waals surface area contributed by atoms with Crippen molar-refractivity contribution < 1.29 is 36.7 Å². The highest BCUT2D eigenvalue weighted by molar-refractivity contribution is 7.85. The quantitative estimate of drug-likeness (QED) is 0.0819. The van der Waals surface area contributed by atoms with Crippen LogP contribution in [0.4, 0.5) is 0 Å². The second kappa shape index (κ2) is 18.6. The molecule has 0 aliphatic rings. The monoisotopic (exact) mass is 666 g/mol. The van der Waals surface area contributed by atoms with Crippen molar-refractivity contribution in [1.82, 2.24) is 0 Å². The lowest BCUT2D eigenvalue weighted by Crippen LogP contribution is -2.04. The molecule has 0 aliphatic heterocycles. The van der Waals surface area contributed by atoms with Gasteiger partial charge in [0, 0.05) is 0 Å². The van der Waals surface area contributed by atoms with Crippen molar-refractivity contribution in [2.24, 2.45) is 0 Å². The van der Waals surface area contributed by atoms with Crippen LogP contribution in [0.2, 0.25) is 0 Å². The van der Waals surface area contributed by atoms with Crippen molar-refractivity contribution >= 4 is 23.6 Å². The summed E-state index contributed by atoms with van der Waals surface area (Å²) in [5.74, 6) is 2.47. The van der Waals surface area contributed by atoms with Gasteiger partial charge in [-0.3, -0.25) is 4.55 Å². The lowest BCUT2D eigenvalue weighted by Gasteiger charge is -2.19. The molecule has 4 aromatic rings. The van der Waals surface area contributed by atoms with Gasteiger partial charge < -0.3 is 23.7 Å². The van der Waals surface area contributed by atoms with Crippen LogP contribution in [0.3, 0.4) is 0 Å². The summed E-state index contributed by atoms with van der Waals surface area (Å²) in [6, 6.07) is 24.3. The van der Waals surface area contributed by atoms with E-state index in [1.807, 2.05) is 31.2 Å². The second-order valence-electron chi connectivity index (χ2n) is 9.88. The first-order valence-corrected chi connectivity index (χ1v) is 15.7. The minimum Gasteiger partial charge on any atom is -0.498 e. The highest BCUT2D eigenvalue weighted by Crippen LogP contribution is 2.41. The molecular formula is C36H42O8S2. The van der Waals surface area contributed by atoms with E-state index in [0.29, 0.717) is 26.4 Å². The molecule has 246 valence electrons. The van der Waals surface area contributed by atoms with Gasteiger partial charge in [0.05, 0.1) is 24.5 Å².